The second-order valence-electron chi connectivity index (χ2n) is 10.3. The number of carbonyl (C=O) groups excluding carboxylic acids is 1. The largest absolute Gasteiger partial charge is 0.497 e. The van der Waals surface area contributed by atoms with Gasteiger partial charge in [-0.25, -0.2) is 0 Å². The van der Waals surface area contributed by atoms with E-state index in [1.54, 1.807) is 23.5 Å². The van der Waals surface area contributed by atoms with Gasteiger partial charge in [-0.3, -0.25) is 24.0 Å². The van der Waals surface area contributed by atoms with Gasteiger partial charge in [-0.1, -0.05) is 66.4 Å². The standard InChI is InChI=1S/C32H33N5O3S2/c1-4-36-29(35-16-14-34(15-17-35)20-23-8-6-5-7-9-23)26(22(2)27(19-33)30(36)38)18-28-31(39)37(32(41)42-28)21-24-10-12-25(40-3)13-11-24/h5-13,18H,4,14-17,20-21H2,1-3H3. The van der Waals surface area contributed by atoms with Gasteiger partial charge in [0, 0.05) is 44.8 Å². The molecule has 2 fully saturated rings. The minimum Gasteiger partial charge on any atom is -0.497 e. The zero-order valence-electron chi connectivity index (χ0n) is 24.0. The summed E-state index contributed by atoms with van der Waals surface area (Å²) in [6.45, 7) is 8.42. The SMILES string of the molecule is CCn1c(N2CCN(Cc3ccccc3)CC2)c(C=C2SC(=S)N(Cc3ccc(OC)cc3)C2=O)c(C)c(C#N)c1=O. The molecule has 2 aromatic carbocycles. The average molecular weight is 600 g/mol. The number of anilines is 1. The Morgan fingerprint density at radius 2 is 1.67 bits per heavy atom. The molecule has 10 heteroatoms. The Kier molecular flexibility index (Phi) is 9.12. The van der Waals surface area contributed by atoms with Crippen molar-refractivity contribution in [3.8, 4) is 11.8 Å². The Balaban J connectivity index is 1.46. The molecule has 1 amide bonds. The highest BCUT2D eigenvalue weighted by Crippen LogP contribution is 2.37. The van der Waals surface area contributed by atoms with Crippen molar-refractivity contribution in [1.29, 1.82) is 5.26 Å². The van der Waals surface area contributed by atoms with Crippen molar-refractivity contribution in [3.63, 3.8) is 0 Å². The molecule has 5 rings (SSSR count). The van der Waals surface area contributed by atoms with E-state index in [2.05, 4.69) is 40.1 Å². The molecule has 0 atom stereocenters. The van der Waals surface area contributed by atoms with E-state index in [9.17, 15) is 14.9 Å². The average Bonchev–Trinajstić information content (AvgIpc) is 3.27. The van der Waals surface area contributed by atoms with Crippen molar-refractivity contribution in [2.24, 2.45) is 0 Å². The molecule has 0 N–H and O–H groups in total. The highest BCUT2D eigenvalue weighted by atomic mass is 32.2. The van der Waals surface area contributed by atoms with Crippen LogP contribution in [0.3, 0.4) is 0 Å². The Labute approximate surface area is 255 Å². The number of rotatable bonds is 8. The van der Waals surface area contributed by atoms with Gasteiger partial charge in [0.2, 0.25) is 0 Å². The van der Waals surface area contributed by atoms with Crippen LogP contribution in [0.2, 0.25) is 0 Å². The van der Waals surface area contributed by atoms with E-state index in [1.807, 2.05) is 43.3 Å². The molecule has 216 valence electrons. The molecule has 0 radical (unpaired) electrons. The number of hydrogen-bond donors (Lipinski definition) is 0. The Hall–Kier alpha value is -3.91. The number of amides is 1. The highest BCUT2D eigenvalue weighted by molar-refractivity contribution is 8.26. The van der Waals surface area contributed by atoms with Gasteiger partial charge in [0.1, 0.15) is 27.5 Å². The third-order valence-electron chi connectivity index (χ3n) is 7.73. The maximum Gasteiger partial charge on any atom is 0.270 e. The van der Waals surface area contributed by atoms with Crippen LogP contribution in [-0.2, 0) is 24.4 Å². The van der Waals surface area contributed by atoms with Gasteiger partial charge >= 0.3 is 0 Å². The van der Waals surface area contributed by atoms with Gasteiger partial charge < -0.3 is 9.64 Å². The molecule has 1 aromatic heterocycles. The number of hydrogen-bond acceptors (Lipinski definition) is 8. The topological polar surface area (TPSA) is 81.8 Å². The second kappa shape index (κ2) is 12.9. The molecule has 0 unspecified atom stereocenters. The predicted molar refractivity (Wildman–Crippen MR) is 171 cm³/mol. The molecule has 3 heterocycles. The lowest BCUT2D eigenvalue weighted by atomic mass is 10.0. The number of thiocarbonyl (C=S) groups is 1. The number of aromatic nitrogens is 1. The number of benzene rings is 2. The lowest BCUT2D eigenvalue weighted by molar-refractivity contribution is -0.122. The first-order valence-corrected chi connectivity index (χ1v) is 15.1. The molecule has 2 aliphatic heterocycles. The Bertz CT molecular complexity index is 1620. The fourth-order valence-corrected chi connectivity index (χ4v) is 6.66. The van der Waals surface area contributed by atoms with Crippen molar-refractivity contribution < 1.29 is 9.53 Å². The molecule has 2 saturated heterocycles. The molecule has 0 aliphatic carbocycles. The number of methoxy groups -OCH3 is 1. The van der Waals surface area contributed by atoms with E-state index in [-0.39, 0.29) is 17.0 Å². The van der Waals surface area contributed by atoms with Crippen LogP contribution in [-0.4, -0.2) is 57.9 Å². The number of thioether (sulfide) groups is 1. The van der Waals surface area contributed by atoms with Crippen LogP contribution in [0.15, 0.2) is 64.3 Å². The van der Waals surface area contributed by atoms with Gasteiger partial charge in [-0.15, -0.1) is 0 Å². The van der Waals surface area contributed by atoms with E-state index < -0.39 is 0 Å². The molecule has 8 nitrogen and oxygen atoms in total. The minimum atomic E-state index is -0.302. The fourth-order valence-electron chi connectivity index (χ4n) is 5.42. The van der Waals surface area contributed by atoms with Crippen LogP contribution in [0.1, 0.15) is 34.7 Å². The molecule has 2 aliphatic rings. The van der Waals surface area contributed by atoms with Crippen molar-refractivity contribution in [3.05, 3.63) is 97.7 Å². The third-order valence-corrected chi connectivity index (χ3v) is 9.11. The number of nitriles is 1. The molecule has 3 aromatic rings. The smallest absolute Gasteiger partial charge is 0.270 e. The maximum atomic E-state index is 13.6. The Morgan fingerprint density at radius 1 is 1.00 bits per heavy atom. The quantitative estimate of drug-likeness (QED) is 0.270. The first-order valence-electron chi connectivity index (χ1n) is 13.9. The summed E-state index contributed by atoms with van der Waals surface area (Å²) in [5, 5.41) is 9.90. The lowest BCUT2D eigenvalue weighted by Gasteiger charge is -2.38. The van der Waals surface area contributed by atoms with Gasteiger partial charge in [0.25, 0.3) is 11.5 Å². The summed E-state index contributed by atoms with van der Waals surface area (Å²) in [5.74, 6) is 1.30. The van der Waals surface area contributed by atoms with Crippen molar-refractivity contribution >= 4 is 46.1 Å². The van der Waals surface area contributed by atoms with Crippen LogP contribution < -0.4 is 15.2 Å². The normalized spacial score (nSPS) is 16.8. The summed E-state index contributed by atoms with van der Waals surface area (Å²) < 4.78 is 7.38. The van der Waals surface area contributed by atoms with Crippen molar-refractivity contribution in [2.45, 2.75) is 33.5 Å². The molecular formula is C32H33N5O3S2. The van der Waals surface area contributed by atoms with Gasteiger partial charge in [-0.2, -0.15) is 5.26 Å². The van der Waals surface area contributed by atoms with E-state index >= 15 is 0 Å². The van der Waals surface area contributed by atoms with E-state index in [1.165, 1.54) is 17.3 Å². The highest BCUT2D eigenvalue weighted by Gasteiger charge is 2.33. The summed E-state index contributed by atoms with van der Waals surface area (Å²) in [7, 11) is 1.61. The summed E-state index contributed by atoms with van der Waals surface area (Å²) in [4.78, 5) is 33.7. The Morgan fingerprint density at radius 3 is 2.29 bits per heavy atom. The van der Waals surface area contributed by atoms with Gasteiger partial charge in [0.15, 0.2) is 0 Å². The fraction of sp³-hybridized carbons (Fsp3) is 0.312. The van der Waals surface area contributed by atoms with Crippen LogP contribution in [0, 0.1) is 18.3 Å². The molecule has 0 saturated carbocycles. The number of piperazine rings is 1. The van der Waals surface area contributed by atoms with Crippen LogP contribution >= 0.6 is 24.0 Å². The third kappa shape index (κ3) is 6.00. The first-order chi connectivity index (χ1) is 20.3. The zero-order chi connectivity index (χ0) is 29.8. The van der Waals surface area contributed by atoms with E-state index in [0.29, 0.717) is 27.9 Å². The molecule has 0 bridgehead atoms. The number of carbonyl (C=O) groups is 1. The number of pyridine rings is 1. The lowest BCUT2D eigenvalue weighted by Crippen LogP contribution is -2.48. The van der Waals surface area contributed by atoms with E-state index in [4.69, 9.17) is 17.0 Å². The van der Waals surface area contributed by atoms with Gasteiger partial charge in [-0.05, 0) is 48.7 Å². The van der Waals surface area contributed by atoms with Crippen molar-refractivity contribution in [2.75, 3.05) is 38.2 Å². The predicted octanol–water partition coefficient (Wildman–Crippen LogP) is 4.78. The monoisotopic (exact) mass is 599 g/mol. The minimum absolute atomic E-state index is 0.100. The summed E-state index contributed by atoms with van der Waals surface area (Å²) >= 11 is 6.86. The first kappa shape index (κ1) is 29.6. The van der Waals surface area contributed by atoms with Gasteiger partial charge in [0.05, 0.1) is 18.6 Å². The summed E-state index contributed by atoms with van der Waals surface area (Å²) in [6.07, 6.45) is 1.82. The van der Waals surface area contributed by atoms with Crippen LogP contribution in [0.5, 0.6) is 5.75 Å². The molecule has 0 spiro atoms. The summed E-state index contributed by atoms with van der Waals surface area (Å²) in [5.41, 5.74) is 3.29. The van der Waals surface area contributed by atoms with E-state index in [0.717, 1.165) is 55.4 Å². The summed E-state index contributed by atoms with van der Waals surface area (Å²) in [6, 6.07) is 20.0. The number of ether oxygens (including phenoxy) is 1. The number of nitrogens with zero attached hydrogens (tertiary/aromatic N) is 5. The maximum absolute atomic E-state index is 13.6. The molecule has 42 heavy (non-hydrogen) atoms. The molecular weight excluding hydrogens is 567 g/mol. The van der Waals surface area contributed by atoms with Crippen LogP contribution in [0.4, 0.5) is 5.82 Å². The van der Waals surface area contributed by atoms with Crippen LogP contribution in [0.25, 0.3) is 6.08 Å². The van der Waals surface area contributed by atoms with Crippen molar-refractivity contribution in [1.82, 2.24) is 14.4 Å². The second-order valence-corrected chi connectivity index (χ2v) is 11.9. The zero-order valence-corrected chi connectivity index (χ0v) is 25.6.